The summed E-state index contributed by atoms with van der Waals surface area (Å²) in [4.78, 5) is 11.9. The highest BCUT2D eigenvalue weighted by Gasteiger charge is 2.31. The summed E-state index contributed by atoms with van der Waals surface area (Å²) in [5, 5.41) is 5.02. The molecule has 4 nitrogen and oxygen atoms in total. The van der Waals surface area contributed by atoms with Gasteiger partial charge in [-0.05, 0) is 38.0 Å². The van der Waals surface area contributed by atoms with Crippen LogP contribution >= 0.6 is 11.6 Å². The molecule has 1 aliphatic rings. The van der Waals surface area contributed by atoms with Crippen LogP contribution in [0.15, 0.2) is 18.2 Å². The molecule has 2 rings (SSSR count). The predicted molar refractivity (Wildman–Crippen MR) is 77.0 cm³/mol. The first kappa shape index (κ1) is 16.9. The smallest absolute Gasteiger partial charge is 0.376 e. The highest BCUT2D eigenvalue weighted by Crippen LogP contribution is 2.33. The first-order valence-corrected chi connectivity index (χ1v) is 7.21. The molecule has 0 bridgehead atoms. The van der Waals surface area contributed by atoms with Crippen molar-refractivity contribution in [3.63, 3.8) is 0 Å². The lowest BCUT2D eigenvalue weighted by molar-refractivity contribution is -0.137. The molecular formula is C14H16ClF3N2O2. The largest absolute Gasteiger partial charge is 0.416 e. The van der Waals surface area contributed by atoms with Gasteiger partial charge in [0.25, 0.3) is 0 Å². The number of urea groups is 1. The third-order valence-corrected chi connectivity index (χ3v) is 3.75. The van der Waals surface area contributed by atoms with Crippen LogP contribution < -0.4 is 10.6 Å². The molecule has 2 N–H and O–H groups in total. The fraction of sp³-hybridized carbons (Fsp3) is 0.500. The molecule has 1 aromatic rings. The van der Waals surface area contributed by atoms with Gasteiger partial charge in [0, 0.05) is 6.61 Å². The van der Waals surface area contributed by atoms with E-state index >= 15 is 0 Å². The molecule has 22 heavy (non-hydrogen) atoms. The van der Waals surface area contributed by atoms with Crippen LogP contribution in [0.3, 0.4) is 0 Å². The molecule has 122 valence electrons. The van der Waals surface area contributed by atoms with E-state index in [-0.39, 0.29) is 22.9 Å². The van der Waals surface area contributed by atoms with Crippen molar-refractivity contribution in [2.45, 2.75) is 38.1 Å². The summed E-state index contributed by atoms with van der Waals surface area (Å²) in [6, 6.07) is 1.90. The van der Waals surface area contributed by atoms with Crippen molar-refractivity contribution >= 4 is 23.3 Å². The minimum Gasteiger partial charge on any atom is -0.376 e. The normalized spacial score (nSPS) is 19.8. The molecule has 8 heteroatoms. The average Bonchev–Trinajstić information content (AvgIpc) is 2.94. The van der Waals surface area contributed by atoms with E-state index in [2.05, 4.69) is 10.6 Å². The molecular weight excluding hydrogens is 321 g/mol. The van der Waals surface area contributed by atoms with Gasteiger partial charge in [-0.3, -0.25) is 0 Å². The molecule has 1 fully saturated rings. The monoisotopic (exact) mass is 336 g/mol. The highest BCUT2D eigenvalue weighted by molar-refractivity contribution is 6.33. The second-order valence-electron chi connectivity index (χ2n) is 5.13. The highest BCUT2D eigenvalue weighted by atomic mass is 35.5. The maximum atomic E-state index is 12.7. The predicted octanol–water partition coefficient (Wildman–Crippen LogP) is 4.05. The molecule has 1 saturated heterocycles. The average molecular weight is 337 g/mol. The summed E-state index contributed by atoms with van der Waals surface area (Å²) in [5.74, 6) is 0. The number of anilines is 1. The van der Waals surface area contributed by atoms with Gasteiger partial charge >= 0.3 is 12.2 Å². The van der Waals surface area contributed by atoms with Crippen LogP contribution in [0, 0.1) is 0 Å². The maximum Gasteiger partial charge on any atom is 0.416 e. The van der Waals surface area contributed by atoms with Crippen molar-refractivity contribution in [3.8, 4) is 0 Å². The molecule has 1 aromatic carbocycles. The Kier molecular flexibility index (Phi) is 5.18. The standard InChI is InChI=1S/C14H16ClF3N2O2/c1-8(12-3-2-6-22-12)19-13(21)20-11-7-9(14(16,17)18)4-5-10(11)15/h4-5,7-8,12H,2-3,6H2,1H3,(H2,19,20,21)/t8-,12+/m1/s1. The van der Waals surface area contributed by atoms with Gasteiger partial charge in [-0.25, -0.2) is 4.79 Å². The van der Waals surface area contributed by atoms with Crippen molar-refractivity contribution in [2.24, 2.45) is 0 Å². The quantitative estimate of drug-likeness (QED) is 0.875. The van der Waals surface area contributed by atoms with E-state index < -0.39 is 17.8 Å². The number of hydrogen-bond acceptors (Lipinski definition) is 2. The van der Waals surface area contributed by atoms with Gasteiger partial charge < -0.3 is 15.4 Å². The van der Waals surface area contributed by atoms with E-state index in [4.69, 9.17) is 16.3 Å². The van der Waals surface area contributed by atoms with Crippen LogP contribution in [0.5, 0.6) is 0 Å². The van der Waals surface area contributed by atoms with Crippen LogP contribution in [0.2, 0.25) is 5.02 Å². The molecule has 0 radical (unpaired) electrons. The molecule has 1 aliphatic heterocycles. The van der Waals surface area contributed by atoms with Gasteiger partial charge in [-0.15, -0.1) is 0 Å². The minimum atomic E-state index is -4.50. The van der Waals surface area contributed by atoms with Crippen molar-refractivity contribution < 1.29 is 22.7 Å². The molecule has 0 saturated carbocycles. The van der Waals surface area contributed by atoms with E-state index in [1.807, 2.05) is 0 Å². The van der Waals surface area contributed by atoms with Crippen LogP contribution in [0.4, 0.5) is 23.7 Å². The number of amides is 2. The van der Waals surface area contributed by atoms with Gasteiger partial charge in [-0.1, -0.05) is 11.6 Å². The van der Waals surface area contributed by atoms with Gasteiger partial charge in [0.2, 0.25) is 0 Å². The summed E-state index contributed by atoms with van der Waals surface area (Å²) >= 11 is 5.82. The molecule has 0 aromatic heterocycles. The molecule has 0 spiro atoms. The van der Waals surface area contributed by atoms with Crippen molar-refractivity contribution in [1.82, 2.24) is 5.32 Å². The fourth-order valence-electron chi connectivity index (χ4n) is 2.25. The number of nitrogens with one attached hydrogen (secondary N) is 2. The summed E-state index contributed by atoms with van der Waals surface area (Å²) in [6.07, 6.45) is -2.81. The van der Waals surface area contributed by atoms with Crippen molar-refractivity contribution in [2.75, 3.05) is 11.9 Å². The zero-order chi connectivity index (χ0) is 16.3. The Morgan fingerprint density at radius 2 is 2.18 bits per heavy atom. The SMILES string of the molecule is C[C@@H](NC(=O)Nc1cc(C(F)(F)F)ccc1Cl)[C@@H]1CCCO1. The number of carbonyl (C=O) groups is 1. The Bertz CT molecular complexity index is 545. The Morgan fingerprint density at radius 3 is 2.77 bits per heavy atom. The third-order valence-electron chi connectivity index (χ3n) is 3.42. The number of halogens is 4. The number of alkyl halides is 3. The lowest BCUT2D eigenvalue weighted by atomic mass is 10.1. The number of hydrogen-bond donors (Lipinski definition) is 2. The number of rotatable bonds is 3. The van der Waals surface area contributed by atoms with Gasteiger partial charge in [0.05, 0.1) is 28.4 Å². The summed E-state index contributed by atoms with van der Waals surface area (Å²) < 4.78 is 43.4. The molecule has 0 unspecified atom stereocenters. The van der Waals surface area contributed by atoms with E-state index in [1.165, 1.54) is 0 Å². The van der Waals surface area contributed by atoms with E-state index in [0.29, 0.717) is 6.61 Å². The number of ether oxygens (including phenoxy) is 1. The van der Waals surface area contributed by atoms with Crippen LogP contribution in [-0.2, 0) is 10.9 Å². The van der Waals surface area contributed by atoms with E-state index in [9.17, 15) is 18.0 Å². The van der Waals surface area contributed by atoms with E-state index in [0.717, 1.165) is 31.0 Å². The zero-order valence-electron chi connectivity index (χ0n) is 11.8. The van der Waals surface area contributed by atoms with Gasteiger partial charge in [-0.2, -0.15) is 13.2 Å². The topological polar surface area (TPSA) is 50.4 Å². The first-order valence-electron chi connectivity index (χ1n) is 6.83. The zero-order valence-corrected chi connectivity index (χ0v) is 12.6. The second kappa shape index (κ2) is 6.75. The van der Waals surface area contributed by atoms with Crippen LogP contribution in [0.1, 0.15) is 25.3 Å². The molecule has 1 heterocycles. The lowest BCUT2D eigenvalue weighted by Crippen LogP contribution is -2.43. The first-order chi connectivity index (χ1) is 10.3. The van der Waals surface area contributed by atoms with Crippen molar-refractivity contribution in [3.05, 3.63) is 28.8 Å². The summed E-state index contributed by atoms with van der Waals surface area (Å²) in [6.45, 7) is 2.43. The Labute approximate surface area is 131 Å². The lowest BCUT2D eigenvalue weighted by Gasteiger charge is -2.20. The minimum absolute atomic E-state index is 0.0351. The van der Waals surface area contributed by atoms with E-state index in [1.54, 1.807) is 6.92 Å². The van der Waals surface area contributed by atoms with Crippen LogP contribution in [-0.4, -0.2) is 24.8 Å². The Hall–Kier alpha value is -1.47. The molecule has 0 aliphatic carbocycles. The summed E-state index contributed by atoms with van der Waals surface area (Å²) in [7, 11) is 0. The van der Waals surface area contributed by atoms with Crippen LogP contribution in [0.25, 0.3) is 0 Å². The Balaban J connectivity index is 2.01. The van der Waals surface area contributed by atoms with Gasteiger partial charge in [0.1, 0.15) is 0 Å². The third kappa shape index (κ3) is 4.27. The maximum absolute atomic E-state index is 12.7. The number of benzene rings is 1. The van der Waals surface area contributed by atoms with Crippen molar-refractivity contribution in [1.29, 1.82) is 0 Å². The molecule has 2 atom stereocenters. The second-order valence-corrected chi connectivity index (χ2v) is 5.54. The molecule has 2 amide bonds. The number of carbonyl (C=O) groups excluding carboxylic acids is 1. The summed E-state index contributed by atoms with van der Waals surface area (Å²) in [5.41, 5.74) is -0.965. The Morgan fingerprint density at radius 1 is 1.45 bits per heavy atom. The fourth-order valence-corrected chi connectivity index (χ4v) is 2.42. The van der Waals surface area contributed by atoms with Gasteiger partial charge in [0.15, 0.2) is 0 Å².